The number of nitrogens with zero attached hydrogens (tertiary/aromatic N) is 2. The SMILES string of the molecule is CCCn1nc(C)cc1CNCc1ccc(OC)cc1.Cl. The van der Waals surface area contributed by atoms with E-state index in [0.717, 1.165) is 37.5 Å². The molecule has 1 heterocycles. The van der Waals surface area contributed by atoms with E-state index in [1.807, 2.05) is 19.1 Å². The van der Waals surface area contributed by atoms with Crippen molar-refractivity contribution < 1.29 is 4.74 Å². The van der Waals surface area contributed by atoms with Crippen molar-refractivity contribution in [1.29, 1.82) is 0 Å². The lowest BCUT2D eigenvalue weighted by atomic mass is 10.2. The minimum Gasteiger partial charge on any atom is -0.497 e. The van der Waals surface area contributed by atoms with E-state index in [-0.39, 0.29) is 12.4 Å². The zero-order chi connectivity index (χ0) is 14.4. The van der Waals surface area contributed by atoms with Crippen molar-refractivity contribution in [2.45, 2.75) is 39.9 Å². The van der Waals surface area contributed by atoms with Crippen LogP contribution in [0.25, 0.3) is 0 Å². The summed E-state index contributed by atoms with van der Waals surface area (Å²) in [5, 5.41) is 7.97. The van der Waals surface area contributed by atoms with Gasteiger partial charge in [0.15, 0.2) is 0 Å². The molecule has 5 heteroatoms. The first-order valence-electron chi connectivity index (χ1n) is 7.10. The van der Waals surface area contributed by atoms with Crippen LogP contribution in [-0.4, -0.2) is 16.9 Å². The van der Waals surface area contributed by atoms with Crippen molar-refractivity contribution in [2.75, 3.05) is 7.11 Å². The van der Waals surface area contributed by atoms with Crippen LogP contribution in [0.15, 0.2) is 30.3 Å². The van der Waals surface area contributed by atoms with E-state index in [4.69, 9.17) is 4.74 Å². The Morgan fingerprint density at radius 2 is 1.90 bits per heavy atom. The largest absolute Gasteiger partial charge is 0.497 e. The van der Waals surface area contributed by atoms with Gasteiger partial charge in [0.1, 0.15) is 5.75 Å². The Morgan fingerprint density at radius 1 is 1.19 bits per heavy atom. The van der Waals surface area contributed by atoms with Crippen LogP contribution < -0.4 is 10.1 Å². The molecular weight excluding hydrogens is 286 g/mol. The maximum Gasteiger partial charge on any atom is 0.118 e. The Hall–Kier alpha value is -1.52. The summed E-state index contributed by atoms with van der Waals surface area (Å²) in [6.45, 7) is 6.88. The van der Waals surface area contributed by atoms with E-state index in [0.29, 0.717) is 0 Å². The van der Waals surface area contributed by atoms with Gasteiger partial charge >= 0.3 is 0 Å². The van der Waals surface area contributed by atoms with E-state index in [1.165, 1.54) is 11.3 Å². The molecule has 2 rings (SSSR count). The van der Waals surface area contributed by atoms with Crippen molar-refractivity contribution in [3.05, 3.63) is 47.3 Å². The summed E-state index contributed by atoms with van der Waals surface area (Å²) >= 11 is 0. The molecule has 0 bridgehead atoms. The Balaban J connectivity index is 0.00000220. The van der Waals surface area contributed by atoms with Crippen LogP contribution in [0.5, 0.6) is 5.75 Å². The number of rotatable bonds is 7. The number of hydrogen-bond acceptors (Lipinski definition) is 3. The Labute approximate surface area is 132 Å². The quantitative estimate of drug-likeness (QED) is 0.853. The maximum absolute atomic E-state index is 5.16. The van der Waals surface area contributed by atoms with Crippen LogP contribution in [0, 0.1) is 6.92 Å². The molecule has 0 aliphatic carbocycles. The van der Waals surface area contributed by atoms with Crippen molar-refractivity contribution in [3.63, 3.8) is 0 Å². The first-order valence-corrected chi connectivity index (χ1v) is 7.10. The van der Waals surface area contributed by atoms with E-state index >= 15 is 0 Å². The highest BCUT2D eigenvalue weighted by molar-refractivity contribution is 5.85. The van der Waals surface area contributed by atoms with Crippen LogP contribution in [0.3, 0.4) is 0 Å². The smallest absolute Gasteiger partial charge is 0.118 e. The third-order valence-electron chi connectivity index (χ3n) is 3.22. The molecule has 0 unspecified atom stereocenters. The molecular formula is C16H24ClN3O. The van der Waals surface area contributed by atoms with Gasteiger partial charge in [0, 0.05) is 19.6 Å². The van der Waals surface area contributed by atoms with Gasteiger partial charge in [-0.2, -0.15) is 5.10 Å². The number of ether oxygens (including phenoxy) is 1. The highest BCUT2D eigenvalue weighted by Gasteiger charge is 2.04. The van der Waals surface area contributed by atoms with Gasteiger partial charge in [-0.3, -0.25) is 4.68 Å². The van der Waals surface area contributed by atoms with Gasteiger partial charge in [-0.05, 0) is 37.1 Å². The molecule has 0 atom stereocenters. The highest BCUT2D eigenvalue weighted by atomic mass is 35.5. The number of nitrogens with one attached hydrogen (secondary N) is 1. The molecule has 0 aliphatic heterocycles. The topological polar surface area (TPSA) is 39.1 Å². The summed E-state index contributed by atoms with van der Waals surface area (Å²) < 4.78 is 7.25. The normalized spacial score (nSPS) is 10.2. The first-order chi connectivity index (χ1) is 9.72. The van der Waals surface area contributed by atoms with Crippen LogP contribution in [0.2, 0.25) is 0 Å². The summed E-state index contributed by atoms with van der Waals surface area (Å²) in [6.07, 6.45) is 1.10. The van der Waals surface area contributed by atoms with Crippen LogP contribution >= 0.6 is 12.4 Å². The Kier molecular flexibility index (Phi) is 7.26. The molecule has 21 heavy (non-hydrogen) atoms. The fourth-order valence-electron chi connectivity index (χ4n) is 2.23. The average Bonchev–Trinajstić information content (AvgIpc) is 2.80. The summed E-state index contributed by atoms with van der Waals surface area (Å²) in [4.78, 5) is 0. The molecule has 116 valence electrons. The minimum atomic E-state index is 0. The predicted octanol–water partition coefficient (Wildman–Crippen LogP) is 3.32. The van der Waals surface area contributed by atoms with Gasteiger partial charge in [0.05, 0.1) is 18.5 Å². The van der Waals surface area contributed by atoms with Crippen molar-refractivity contribution in [2.24, 2.45) is 0 Å². The zero-order valence-electron chi connectivity index (χ0n) is 12.9. The number of halogens is 1. The third-order valence-corrected chi connectivity index (χ3v) is 3.22. The van der Waals surface area contributed by atoms with E-state index < -0.39 is 0 Å². The second kappa shape index (κ2) is 8.70. The fraction of sp³-hybridized carbons (Fsp3) is 0.438. The number of benzene rings is 1. The fourth-order valence-corrected chi connectivity index (χ4v) is 2.23. The van der Waals surface area contributed by atoms with E-state index in [2.05, 4.69) is 40.2 Å². The molecule has 1 N–H and O–H groups in total. The second-order valence-corrected chi connectivity index (χ2v) is 4.95. The molecule has 0 radical (unpaired) electrons. The number of aromatic nitrogens is 2. The van der Waals surface area contributed by atoms with Crippen molar-refractivity contribution >= 4 is 12.4 Å². The van der Waals surface area contributed by atoms with Gasteiger partial charge in [-0.25, -0.2) is 0 Å². The minimum absolute atomic E-state index is 0. The van der Waals surface area contributed by atoms with Crippen LogP contribution in [-0.2, 0) is 19.6 Å². The predicted molar refractivity (Wildman–Crippen MR) is 88.0 cm³/mol. The van der Waals surface area contributed by atoms with Crippen molar-refractivity contribution in [3.8, 4) is 5.75 Å². The monoisotopic (exact) mass is 309 g/mol. The lowest BCUT2D eigenvalue weighted by Gasteiger charge is -2.08. The molecule has 2 aromatic rings. The van der Waals surface area contributed by atoms with Gasteiger partial charge in [-0.15, -0.1) is 12.4 Å². The Bertz CT molecular complexity index is 537. The molecule has 0 aliphatic rings. The van der Waals surface area contributed by atoms with Gasteiger partial charge < -0.3 is 10.1 Å². The summed E-state index contributed by atoms with van der Waals surface area (Å²) in [5.74, 6) is 0.894. The molecule has 1 aromatic heterocycles. The number of methoxy groups -OCH3 is 1. The van der Waals surface area contributed by atoms with Gasteiger partial charge in [0.2, 0.25) is 0 Å². The highest BCUT2D eigenvalue weighted by Crippen LogP contribution is 2.11. The standard InChI is InChI=1S/C16H23N3O.ClH/c1-4-9-19-15(10-13(2)18-19)12-17-11-14-5-7-16(20-3)8-6-14;/h5-8,10,17H,4,9,11-12H2,1-3H3;1H. The van der Waals surface area contributed by atoms with E-state index in [1.54, 1.807) is 7.11 Å². The Morgan fingerprint density at radius 3 is 2.52 bits per heavy atom. The second-order valence-electron chi connectivity index (χ2n) is 4.95. The molecule has 0 saturated carbocycles. The lowest BCUT2D eigenvalue weighted by Crippen LogP contribution is -2.16. The van der Waals surface area contributed by atoms with Crippen LogP contribution in [0.4, 0.5) is 0 Å². The molecule has 0 amide bonds. The summed E-state index contributed by atoms with van der Waals surface area (Å²) in [7, 11) is 1.68. The molecule has 1 aromatic carbocycles. The van der Waals surface area contributed by atoms with Crippen LogP contribution in [0.1, 0.15) is 30.3 Å². The lowest BCUT2D eigenvalue weighted by molar-refractivity contribution is 0.414. The summed E-state index contributed by atoms with van der Waals surface area (Å²) in [5.41, 5.74) is 3.58. The maximum atomic E-state index is 5.16. The summed E-state index contributed by atoms with van der Waals surface area (Å²) in [6, 6.07) is 10.3. The molecule has 4 nitrogen and oxygen atoms in total. The molecule has 0 spiro atoms. The average molecular weight is 310 g/mol. The first kappa shape index (κ1) is 17.5. The third kappa shape index (κ3) is 5.06. The molecule has 0 saturated heterocycles. The van der Waals surface area contributed by atoms with E-state index in [9.17, 15) is 0 Å². The zero-order valence-corrected chi connectivity index (χ0v) is 13.7. The van der Waals surface area contributed by atoms with Crippen molar-refractivity contribution in [1.82, 2.24) is 15.1 Å². The van der Waals surface area contributed by atoms with Gasteiger partial charge in [-0.1, -0.05) is 19.1 Å². The molecule has 0 fully saturated rings. The van der Waals surface area contributed by atoms with Gasteiger partial charge in [0.25, 0.3) is 0 Å². The number of hydrogen-bond donors (Lipinski definition) is 1. The number of aryl methyl sites for hydroxylation is 2.